The monoisotopic (exact) mass is 332 g/mol. The highest BCUT2D eigenvalue weighted by Gasteiger charge is 2.21. The smallest absolute Gasteiger partial charge is 0.221 e. The third-order valence-corrected chi connectivity index (χ3v) is 3.06. The van der Waals surface area contributed by atoms with Crippen molar-refractivity contribution in [3.05, 3.63) is 30.1 Å². The fourth-order valence-corrected chi connectivity index (χ4v) is 2.05. The number of aromatic nitrogens is 2. The number of benzene rings is 1. The summed E-state index contributed by atoms with van der Waals surface area (Å²) in [6, 6.07) is 7.72. The zero-order valence-electron chi connectivity index (χ0n) is 12.1. The Morgan fingerprint density at radius 3 is 2.57 bits per heavy atom. The Balaban J connectivity index is 0.00000200. The lowest BCUT2D eigenvalue weighted by Crippen LogP contribution is -2.33. The molecule has 0 bridgehead atoms. The van der Waals surface area contributed by atoms with E-state index < -0.39 is 0 Å². The summed E-state index contributed by atoms with van der Waals surface area (Å²) in [6.07, 6.45) is 0.337. The molecule has 0 radical (unpaired) electrons. The highest BCUT2D eigenvalue weighted by Crippen LogP contribution is 2.22. The molecule has 2 aromatic rings. The average Bonchev–Trinajstić information content (AvgIpc) is 2.79. The molecule has 5 nitrogen and oxygen atoms in total. The third-order valence-electron chi connectivity index (χ3n) is 3.06. The largest absolute Gasteiger partial charge is 0.346 e. The SMILES string of the molecule is CC(C)C(NC(=O)CCN)c1nc2ccccc2[nH]1.Cl.Cl. The van der Waals surface area contributed by atoms with E-state index in [1.54, 1.807) is 0 Å². The van der Waals surface area contributed by atoms with E-state index in [4.69, 9.17) is 5.73 Å². The minimum Gasteiger partial charge on any atom is -0.346 e. The Bertz CT molecular complexity index is 538. The lowest BCUT2D eigenvalue weighted by Gasteiger charge is -2.20. The van der Waals surface area contributed by atoms with Crippen LogP contribution < -0.4 is 11.1 Å². The third kappa shape index (κ3) is 4.88. The van der Waals surface area contributed by atoms with Gasteiger partial charge >= 0.3 is 0 Å². The van der Waals surface area contributed by atoms with Crippen molar-refractivity contribution in [2.24, 2.45) is 11.7 Å². The zero-order chi connectivity index (χ0) is 13.8. The molecule has 0 spiro atoms. The molecule has 0 aliphatic rings. The molecule has 21 heavy (non-hydrogen) atoms. The molecular weight excluding hydrogens is 311 g/mol. The van der Waals surface area contributed by atoms with Gasteiger partial charge in [-0.2, -0.15) is 0 Å². The summed E-state index contributed by atoms with van der Waals surface area (Å²) >= 11 is 0. The molecule has 1 atom stereocenters. The molecule has 4 N–H and O–H groups in total. The number of nitrogens with zero attached hydrogens (tertiary/aromatic N) is 1. The van der Waals surface area contributed by atoms with Gasteiger partial charge in [0.25, 0.3) is 0 Å². The van der Waals surface area contributed by atoms with Crippen molar-refractivity contribution in [3.63, 3.8) is 0 Å². The molecule has 0 fully saturated rings. The van der Waals surface area contributed by atoms with Crippen LogP contribution in [0.4, 0.5) is 0 Å². The molecule has 0 saturated heterocycles. The number of H-pyrrole nitrogens is 1. The maximum atomic E-state index is 11.7. The Kier molecular flexibility index (Phi) is 8.32. The summed E-state index contributed by atoms with van der Waals surface area (Å²) in [5.41, 5.74) is 7.29. The van der Waals surface area contributed by atoms with Crippen LogP contribution in [0, 0.1) is 5.92 Å². The van der Waals surface area contributed by atoms with Crippen molar-refractivity contribution in [2.45, 2.75) is 26.3 Å². The minimum atomic E-state index is -0.119. The van der Waals surface area contributed by atoms with Crippen LogP contribution in [-0.4, -0.2) is 22.4 Å². The van der Waals surface area contributed by atoms with Crippen molar-refractivity contribution >= 4 is 41.8 Å². The van der Waals surface area contributed by atoms with Crippen LogP contribution in [0.3, 0.4) is 0 Å². The van der Waals surface area contributed by atoms with Gasteiger partial charge in [0.15, 0.2) is 0 Å². The van der Waals surface area contributed by atoms with Gasteiger partial charge < -0.3 is 16.0 Å². The maximum absolute atomic E-state index is 11.7. The number of rotatable bonds is 5. The molecular formula is C14H22Cl2N4O. The number of imidazole rings is 1. The lowest BCUT2D eigenvalue weighted by molar-refractivity contribution is -0.122. The molecule has 118 valence electrons. The molecule has 7 heteroatoms. The van der Waals surface area contributed by atoms with E-state index in [1.165, 1.54) is 0 Å². The molecule has 1 amide bonds. The van der Waals surface area contributed by atoms with E-state index in [9.17, 15) is 4.79 Å². The van der Waals surface area contributed by atoms with Crippen LogP contribution in [0.2, 0.25) is 0 Å². The number of nitrogens with one attached hydrogen (secondary N) is 2. The molecule has 1 heterocycles. The Hall–Kier alpha value is -1.30. The van der Waals surface area contributed by atoms with E-state index >= 15 is 0 Å². The molecule has 0 aliphatic heterocycles. The van der Waals surface area contributed by atoms with Crippen molar-refractivity contribution in [1.29, 1.82) is 0 Å². The standard InChI is InChI=1S/C14H20N4O.2ClH/c1-9(2)13(18-12(19)7-8-15)14-16-10-5-3-4-6-11(10)17-14;;/h3-6,9,13H,7-8,15H2,1-2H3,(H,16,17)(H,18,19);2*1H. The highest BCUT2D eigenvalue weighted by molar-refractivity contribution is 5.85. The predicted molar refractivity (Wildman–Crippen MR) is 90.0 cm³/mol. The van der Waals surface area contributed by atoms with Gasteiger partial charge in [-0.1, -0.05) is 26.0 Å². The molecule has 1 aromatic carbocycles. The summed E-state index contributed by atoms with van der Waals surface area (Å²) in [6.45, 7) is 4.47. The first kappa shape index (κ1) is 19.7. The second-order valence-corrected chi connectivity index (χ2v) is 4.97. The number of fused-ring (bicyclic) bond motifs is 1. The average molecular weight is 333 g/mol. The second-order valence-electron chi connectivity index (χ2n) is 4.97. The van der Waals surface area contributed by atoms with Crippen LogP contribution in [-0.2, 0) is 4.79 Å². The number of carbonyl (C=O) groups is 1. The normalized spacial score (nSPS) is 11.6. The summed E-state index contributed by atoms with van der Waals surface area (Å²) in [4.78, 5) is 19.5. The van der Waals surface area contributed by atoms with E-state index in [0.717, 1.165) is 16.9 Å². The molecule has 1 unspecified atom stereocenters. The van der Waals surface area contributed by atoms with Gasteiger partial charge in [-0.25, -0.2) is 4.98 Å². The fraction of sp³-hybridized carbons (Fsp3) is 0.429. The first-order chi connectivity index (χ1) is 9.11. The number of nitrogens with two attached hydrogens (primary N) is 1. The first-order valence-corrected chi connectivity index (χ1v) is 6.56. The highest BCUT2D eigenvalue weighted by atomic mass is 35.5. The summed E-state index contributed by atoms with van der Waals surface area (Å²) in [5.74, 6) is 1.01. The Morgan fingerprint density at radius 1 is 1.33 bits per heavy atom. The van der Waals surface area contributed by atoms with Gasteiger partial charge in [-0.3, -0.25) is 4.79 Å². The van der Waals surface area contributed by atoms with Crippen LogP contribution in [0.15, 0.2) is 24.3 Å². The topological polar surface area (TPSA) is 83.8 Å². The van der Waals surface area contributed by atoms with Crippen molar-refractivity contribution < 1.29 is 4.79 Å². The van der Waals surface area contributed by atoms with Crippen LogP contribution in [0.5, 0.6) is 0 Å². The Labute approximate surface area is 136 Å². The van der Waals surface area contributed by atoms with Gasteiger partial charge in [0, 0.05) is 13.0 Å². The predicted octanol–water partition coefficient (Wildman–Crippen LogP) is 2.57. The van der Waals surface area contributed by atoms with Crippen molar-refractivity contribution in [2.75, 3.05) is 6.54 Å². The Morgan fingerprint density at radius 2 is 2.00 bits per heavy atom. The van der Waals surface area contributed by atoms with Gasteiger partial charge in [0.1, 0.15) is 5.82 Å². The van der Waals surface area contributed by atoms with Gasteiger partial charge in [-0.15, -0.1) is 24.8 Å². The van der Waals surface area contributed by atoms with E-state index in [1.807, 2.05) is 24.3 Å². The van der Waals surface area contributed by atoms with Crippen LogP contribution >= 0.6 is 24.8 Å². The summed E-state index contributed by atoms with van der Waals surface area (Å²) in [7, 11) is 0. The van der Waals surface area contributed by atoms with E-state index in [0.29, 0.717) is 13.0 Å². The van der Waals surface area contributed by atoms with Crippen LogP contribution in [0.1, 0.15) is 32.1 Å². The number of para-hydroxylation sites is 2. The zero-order valence-corrected chi connectivity index (χ0v) is 13.8. The van der Waals surface area contributed by atoms with Gasteiger partial charge in [0.05, 0.1) is 17.1 Å². The number of amides is 1. The lowest BCUT2D eigenvalue weighted by atomic mass is 10.0. The minimum absolute atomic E-state index is 0. The number of carbonyl (C=O) groups excluding carboxylic acids is 1. The number of halogens is 2. The molecule has 0 saturated carbocycles. The maximum Gasteiger partial charge on any atom is 0.221 e. The van der Waals surface area contributed by atoms with Gasteiger partial charge in [0.2, 0.25) is 5.91 Å². The molecule has 0 aliphatic carbocycles. The number of hydrogen-bond donors (Lipinski definition) is 3. The van der Waals surface area contributed by atoms with Gasteiger partial charge in [-0.05, 0) is 18.1 Å². The first-order valence-electron chi connectivity index (χ1n) is 6.56. The summed E-state index contributed by atoms with van der Waals surface area (Å²) < 4.78 is 0. The van der Waals surface area contributed by atoms with E-state index in [-0.39, 0.29) is 42.7 Å². The summed E-state index contributed by atoms with van der Waals surface area (Å²) in [5, 5.41) is 2.98. The van der Waals surface area contributed by atoms with E-state index in [2.05, 4.69) is 29.1 Å². The van der Waals surface area contributed by atoms with Crippen molar-refractivity contribution in [3.8, 4) is 0 Å². The van der Waals surface area contributed by atoms with Crippen molar-refractivity contribution in [1.82, 2.24) is 15.3 Å². The fourth-order valence-electron chi connectivity index (χ4n) is 2.05. The van der Waals surface area contributed by atoms with Crippen LogP contribution in [0.25, 0.3) is 11.0 Å². The molecule has 1 aromatic heterocycles. The molecule has 2 rings (SSSR count). The second kappa shape index (κ2) is 8.87. The number of aromatic amines is 1. The number of hydrogen-bond acceptors (Lipinski definition) is 3. The quantitative estimate of drug-likeness (QED) is 0.786.